The van der Waals surface area contributed by atoms with Crippen LogP contribution in [0, 0.1) is 0 Å². The van der Waals surface area contributed by atoms with Gasteiger partial charge in [-0.15, -0.1) is 0 Å². The number of hydrogen-bond acceptors (Lipinski definition) is 4. The van der Waals surface area contributed by atoms with Crippen molar-refractivity contribution in [1.29, 1.82) is 0 Å². The van der Waals surface area contributed by atoms with Gasteiger partial charge in [-0.2, -0.15) is 0 Å². The Hall–Kier alpha value is -3.61. The smallest absolute Gasteiger partial charge is 0.267 e. The summed E-state index contributed by atoms with van der Waals surface area (Å²) in [5.74, 6) is -0.108. The van der Waals surface area contributed by atoms with Crippen LogP contribution in [0.25, 0.3) is 6.08 Å². The van der Waals surface area contributed by atoms with Crippen LogP contribution in [-0.2, 0) is 4.79 Å². The molecule has 0 aliphatic heterocycles. The van der Waals surface area contributed by atoms with Crippen LogP contribution in [0.1, 0.15) is 15.9 Å². The SMILES string of the molecule is O=C(C=Cc1ccccc1NC(=O)c1ccccc1Oc1ccc(Cl)cc1)NO. The first-order valence-electron chi connectivity index (χ1n) is 8.62. The highest BCUT2D eigenvalue weighted by Gasteiger charge is 2.14. The molecule has 29 heavy (non-hydrogen) atoms. The van der Waals surface area contributed by atoms with Crippen molar-refractivity contribution in [3.05, 3.63) is 95.0 Å². The summed E-state index contributed by atoms with van der Waals surface area (Å²) in [5.41, 5.74) is 2.96. The minimum Gasteiger partial charge on any atom is -0.457 e. The van der Waals surface area contributed by atoms with E-state index in [0.29, 0.717) is 33.3 Å². The molecule has 0 heterocycles. The van der Waals surface area contributed by atoms with Crippen molar-refractivity contribution in [3.63, 3.8) is 0 Å². The predicted octanol–water partition coefficient (Wildman–Crippen LogP) is 4.90. The van der Waals surface area contributed by atoms with E-state index < -0.39 is 5.91 Å². The Morgan fingerprint density at radius 2 is 1.62 bits per heavy atom. The Bertz CT molecular complexity index is 1050. The van der Waals surface area contributed by atoms with E-state index in [2.05, 4.69) is 5.32 Å². The molecule has 3 rings (SSSR count). The fourth-order valence-electron chi connectivity index (χ4n) is 2.52. The standard InChI is InChI=1S/C22H17ClN2O4/c23-16-10-12-17(13-11-16)29-20-8-4-2-6-18(20)22(27)24-19-7-3-1-5-15(19)9-14-21(26)25-28/h1-14,28H,(H,24,27)(H,25,26). The molecule has 3 aromatic carbocycles. The number of ether oxygens (including phenoxy) is 1. The van der Waals surface area contributed by atoms with Crippen LogP contribution < -0.4 is 15.5 Å². The molecular formula is C22H17ClN2O4. The molecule has 0 unspecified atom stereocenters. The highest BCUT2D eigenvalue weighted by atomic mass is 35.5. The molecule has 0 saturated heterocycles. The molecule has 3 aromatic rings. The van der Waals surface area contributed by atoms with Crippen molar-refractivity contribution in [2.45, 2.75) is 0 Å². The number of carbonyl (C=O) groups is 2. The molecule has 0 radical (unpaired) electrons. The van der Waals surface area contributed by atoms with Gasteiger partial charge < -0.3 is 10.1 Å². The van der Waals surface area contributed by atoms with Gasteiger partial charge >= 0.3 is 0 Å². The monoisotopic (exact) mass is 408 g/mol. The van der Waals surface area contributed by atoms with Gasteiger partial charge in [0.05, 0.1) is 5.56 Å². The van der Waals surface area contributed by atoms with Crippen molar-refractivity contribution in [2.24, 2.45) is 0 Å². The maximum absolute atomic E-state index is 12.9. The molecule has 7 heteroatoms. The zero-order valence-electron chi connectivity index (χ0n) is 15.1. The second-order valence-corrected chi connectivity index (χ2v) is 6.34. The molecule has 2 amide bonds. The zero-order chi connectivity index (χ0) is 20.6. The number of hydrogen-bond donors (Lipinski definition) is 3. The van der Waals surface area contributed by atoms with E-state index in [9.17, 15) is 9.59 Å². The van der Waals surface area contributed by atoms with Crippen molar-refractivity contribution in [1.82, 2.24) is 5.48 Å². The second kappa shape index (κ2) is 9.54. The van der Waals surface area contributed by atoms with Crippen LogP contribution >= 0.6 is 11.6 Å². The van der Waals surface area contributed by atoms with Crippen LogP contribution in [0.4, 0.5) is 5.69 Å². The first-order valence-corrected chi connectivity index (χ1v) is 8.99. The van der Waals surface area contributed by atoms with E-state index in [4.69, 9.17) is 21.5 Å². The molecule has 0 atom stereocenters. The topological polar surface area (TPSA) is 87.7 Å². The fraction of sp³-hybridized carbons (Fsp3) is 0. The first kappa shape index (κ1) is 20.1. The van der Waals surface area contributed by atoms with Crippen LogP contribution in [0.5, 0.6) is 11.5 Å². The van der Waals surface area contributed by atoms with E-state index >= 15 is 0 Å². The summed E-state index contributed by atoms with van der Waals surface area (Å²) in [6, 6.07) is 20.6. The summed E-state index contributed by atoms with van der Waals surface area (Å²) >= 11 is 5.89. The lowest BCUT2D eigenvalue weighted by molar-refractivity contribution is -0.124. The quantitative estimate of drug-likeness (QED) is 0.307. The fourth-order valence-corrected chi connectivity index (χ4v) is 2.65. The third-order valence-corrected chi connectivity index (χ3v) is 4.16. The lowest BCUT2D eigenvalue weighted by atomic mass is 10.1. The molecular weight excluding hydrogens is 392 g/mol. The molecule has 0 bridgehead atoms. The summed E-state index contributed by atoms with van der Waals surface area (Å²) < 4.78 is 5.83. The summed E-state index contributed by atoms with van der Waals surface area (Å²) in [5, 5.41) is 12.0. The maximum atomic E-state index is 12.9. The van der Waals surface area contributed by atoms with Crippen molar-refractivity contribution < 1.29 is 19.5 Å². The number of carbonyl (C=O) groups excluding carboxylic acids is 2. The van der Waals surface area contributed by atoms with Gasteiger partial charge in [0, 0.05) is 16.8 Å². The number of nitrogens with one attached hydrogen (secondary N) is 2. The van der Waals surface area contributed by atoms with Crippen LogP contribution in [0.3, 0.4) is 0 Å². The third-order valence-electron chi connectivity index (χ3n) is 3.91. The first-order chi connectivity index (χ1) is 14.1. The molecule has 0 saturated carbocycles. The summed E-state index contributed by atoms with van der Waals surface area (Å²) in [6.07, 6.45) is 2.64. The number of hydroxylamine groups is 1. The van der Waals surface area contributed by atoms with Gasteiger partial charge in [-0.25, -0.2) is 5.48 Å². The molecule has 0 aliphatic rings. The van der Waals surface area contributed by atoms with E-state index in [0.717, 1.165) is 6.08 Å². The number of halogens is 1. The number of rotatable bonds is 6. The van der Waals surface area contributed by atoms with Gasteiger partial charge in [0.25, 0.3) is 11.8 Å². The lowest BCUT2D eigenvalue weighted by Gasteiger charge is -2.13. The van der Waals surface area contributed by atoms with E-state index in [1.807, 2.05) is 0 Å². The summed E-state index contributed by atoms with van der Waals surface area (Å²) in [6.45, 7) is 0. The van der Waals surface area contributed by atoms with Gasteiger partial charge in [0.15, 0.2) is 0 Å². The zero-order valence-corrected chi connectivity index (χ0v) is 15.9. The average Bonchev–Trinajstić information content (AvgIpc) is 2.74. The van der Waals surface area contributed by atoms with Gasteiger partial charge in [0.1, 0.15) is 11.5 Å². The Balaban J connectivity index is 1.83. The highest BCUT2D eigenvalue weighted by Crippen LogP contribution is 2.27. The predicted molar refractivity (Wildman–Crippen MR) is 111 cm³/mol. The molecule has 0 spiro atoms. The lowest BCUT2D eigenvalue weighted by Crippen LogP contribution is -2.15. The van der Waals surface area contributed by atoms with Crippen molar-refractivity contribution >= 4 is 35.2 Å². The molecule has 0 fully saturated rings. The van der Waals surface area contributed by atoms with Crippen molar-refractivity contribution in [3.8, 4) is 11.5 Å². The Kier molecular flexibility index (Phi) is 6.63. The summed E-state index contributed by atoms with van der Waals surface area (Å²) in [4.78, 5) is 24.1. The van der Waals surface area contributed by atoms with Crippen molar-refractivity contribution in [2.75, 3.05) is 5.32 Å². The second-order valence-electron chi connectivity index (χ2n) is 5.90. The summed E-state index contributed by atoms with van der Waals surface area (Å²) in [7, 11) is 0. The number of anilines is 1. The number of para-hydroxylation sites is 2. The van der Waals surface area contributed by atoms with Gasteiger partial charge in [-0.05, 0) is 54.1 Å². The van der Waals surface area contributed by atoms with Gasteiger partial charge in [-0.1, -0.05) is 41.9 Å². The molecule has 0 aliphatic carbocycles. The molecule has 3 N–H and O–H groups in total. The maximum Gasteiger partial charge on any atom is 0.267 e. The minimum absolute atomic E-state index is 0.342. The Morgan fingerprint density at radius 3 is 2.38 bits per heavy atom. The van der Waals surface area contributed by atoms with Crippen LogP contribution in [0.2, 0.25) is 5.02 Å². The Labute approximate surface area is 172 Å². The molecule has 146 valence electrons. The van der Waals surface area contributed by atoms with E-state index in [1.165, 1.54) is 11.6 Å². The minimum atomic E-state index is -0.673. The van der Waals surface area contributed by atoms with Gasteiger partial charge in [0.2, 0.25) is 0 Å². The number of amides is 2. The van der Waals surface area contributed by atoms with E-state index in [-0.39, 0.29) is 5.91 Å². The molecule has 6 nitrogen and oxygen atoms in total. The van der Waals surface area contributed by atoms with E-state index in [1.54, 1.807) is 72.8 Å². The number of benzene rings is 3. The average molecular weight is 409 g/mol. The largest absolute Gasteiger partial charge is 0.457 e. The highest BCUT2D eigenvalue weighted by molar-refractivity contribution is 6.30. The van der Waals surface area contributed by atoms with Gasteiger partial charge in [-0.3, -0.25) is 14.8 Å². The van der Waals surface area contributed by atoms with Crippen LogP contribution in [0.15, 0.2) is 78.9 Å². The normalized spacial score (nSPS) is 10.6. The Morgan fingerprint density at radius 1 is 0.931 bits per heavy atom. The van der Waals surface area contributed by atoms with Crippen LogP contribution in [-0.4, -0.2) is 17.0 Å². The third kappa shape index (κ3) is 5.44. The molecule has 0 aromatic heterocycles.